The highest BCUT2D eigenvalue weighted by Crippen LogP contribution is 2.12. The number of carbonyl (C=O) groups is 1. The summed E-state index contributed by atoms with van der Waals surface area (Å²) in [6.07, 6.45) is 3.74. The van der Waals surface area contributed by atoms with Gasteiger partial charge in [-0.2, -0.15) is 0 Å². The summed E-state index contributed by atoms with van der Waals surface area (Å²) in [6, 6.07) is 3.15. The van der Waals surface area contributed by atoms with E-state index in [1.807, 2.05) is 0 Å². The second-order valence-corrected chi connectivity index (χ2v) is 4.61. The SMILES string of the molecule is O=C(OC[C@H]1CCCNC1)c1cc(Cl)ccn1. The van der Waals surface area contributed by atoms with Crippen molar-refractivity contribution in [3.8, 4) is 0 Å². The number of piperidine rings is 1. The Morgan fingerprint density at radius 2 is 2.53 bits per heavy atom. The van der Waals surface area contributed by atoms with Gasteiger partial charge in [0.1, 0.15) is 5.69 Å². The van der Waals surface area contributed by atoms with Crippen LogP contribution >= 0.6 is 11.6 Å². The van der Waals surface area contributed by atoms with Crippen LogP contribution in [0.2, 0.25) is 5.02 Å². The third-order valence-corrected chi connectivity index (χ3v) is 3.02. The van der Waals surface area contributed by atoms with Crippen LogP contribution in [0.5, 0.6) is 0 Å². The maximum Gasteiger partial charge on any atom is 0.356 e. The average Bonchev–Trinajstić information content (AvgIpc) is 2.37. The highest BCUT2D eigenvalue weighted by molar-refractivity contribution is 6.30. The molecule has 0 radical (unpaired) electrons. The maximum atomic E-state index is 11.7. The zero-order chi connectivity index (χ0) is 12.1. The van der Waals surface area contributed by atoms with E-state index < -0.39 is 5.97 Å². The van der Waals surface area contributed by atoms with Crippen molar-refractivity contribution in [2.75, 3.05) is 19.7 Å². The standard InChI is InChI=1S/C12H15ClN2O2/c13-10-3-5-15-11(6-10)12(16)17-8-9-2-1-4-14-7-9/h3,5-6,9,14H,1-2,4,7-8H2/t9-/m0/s1. The van der Waals surface area contributed by atoms with E-state index in [1.165, 1.54) is 12.3 Å². The van der Waals surface area contributed by atoms with Gasteiger partial charge in [-0.25, -0.2) is 9.78 Å². The van der Waals surface area contributed by atoms with E-state index in [1.54, 1.807) is 6.07 Å². The van der Waals surface area contributed by atoms with Crippen molar-refractivity contribution in [2.24, 2.45) is 5.92 Å². The van der Waals surface area contributed by atoms with Gasteiger partial charge in [-0.15, -0.1) is 0 Å². The predicted molar refractivity (Wildman–Crippen MR) is 65.1 cm³/mol. The molecule has 1 saturated heterocycles. The molecule has 92 valence electrons. The van der Waals surface area contributed by atoms with E-state index in [0.717, 1.165) is 25.9 Å². The molecule has 0 aromatic carbocycles. The zero-order valence-corrected chi connectivity index (χ0v) is 10.2. The Bertz CT molecular complexity index is 392. The Morgan fingerprint density at radius 3 is 3.24 bits per heavy atom. The number of hydrogen-bond acceptors (Lipinski definition) is 4. The van der Waals surface area contributed by atoms with Gasteiger partial charge in [0.2, 0.25) is 0 Å². The summed E-state index contributed by atoms with van der Waals surface area (Å²) in [7, 11) is 0. The van der Waals surface area contributed by atoms with Crippen LogP contribution < -0.4 is 5.32 Å². The fourth-order valence-electron chi connectivity index (χ4n) is 1.85. The van der Waals surface area contributed by atoms with E-state index in [-0.39, 0.29) is 5.69 Å². The van der Waals surface area contributed by atoms with Crippen molar-refractivity contribution in [3.05, 3.63) is 29.0 Å². The second-order valence-electron chi connectivity index (χ2n) is 4.17. The van der Waals surface area contributed by atoms with Crippen LogP contribution in [0.25, 0.3) is 0 Å². The molecule has 1 aromatic rings. The minimum Gasteiger partial charge on any atom is -0.461 e. The topological polar surface area (TPSA) is 51.2 Å². The van der Waals surface area contributed by atoms with Crippen LogP contribution in [0.1, 0.15) is 23.3 Å². The number of carbonyl (C=O) groups excluding carboxylic acids is 1. The lowest BCUT2D eigenvalue weighted by Crippen LogP contribution is -2.32. The fourth-order valence-corrected chi connectivity index (χ4v) is 2.01. The maximum absolute atomic E-state index is 11.7. The highest BCUT2D eigenvalue weighted by Gasteiger charge is 2.16. The zero-order valence-electron chi connectivity index (χ0n) is 9.49. The molecule has 5 heteroatoms. The van der Waals surface area contributed by atoms with Gasteiger partial charge in [-0.3, -0.25) is 0 Å². The van der Waals surface area contributed by atoms with E-state index >= 15 is 0 Å². The van der Waals surface area contributed by atoms with Gasteiger partial charge in [0.05, 0.1) is 6.61 Å². The van der Waals surface area contributed by atoms with Crippen LogP contribution in [-0.2, 0) is 4.74 Å². The van der Waals surface area contributed by atoms with Gasteiger partial charge in [-0.05, 0) is 31.5 Å². The first kappa shape index (κ1) is 12.3. The quantitative estimate of drug-likeness (QED) is 0.837. The minimum atomic E-state index is -0.405. The molecule has 1 N–H and O–H groups in total. The Balaban J connectivity index is 1.84. The summed E-state index contributed by atoms with van der Waals surface area (Å²) >= 11 is 5.78. The first-order valence-corrected chi connectivity index (χ1v) is 6.13. The van der Waals surface area contributed by atoms with Crippen molar-refractivity contribution in [1.29, 1.82) is 0 Å². The van der Waals surface area contributed by atoms with E-state index in [9.17, 15) is 4.79 Å². The number of nitrogens with one attached hydrogen (secondary N) is 1. The molecule has 4 nitrogen and oxygen atoms in total. The molecule has 1 atom stereocenters. The van der Waals surface area contributed by atoms with Crippen LogP contribution in [0, 0.1) is 5.92 Å². The molecule has 0 spiro atoms. The van der Waals surface area contributed by atoms with Crippen molar-refractivity contribution in [3.63, 3.8) is 0 Å². The molecule has 2 heterocycles. The summed E-state index contributed by atoms with van der Waals surface area (Å²) in [5.41, 5.74) is 0.265. The molecule has 0 unspecified atom stereocenters. The van der Waals surface area contributed by atoms with Crippen LogP contribution in [0.4, 0.5) is 0 Å². The molecule has 0 amide bonds. The van der Waals surface area contributed by atoms with Gasteiger partial charge in [0.25, 0.3) is 0 Å². The number of halogens is 1. The molecule has 0 bridgehead atoms. The Labute approximate surface area is 105 Å². The summed E-state index contributed by atoms with van der Waals surface area (Å²) in [5, 5.41) is 3.77. The van der Waals surface area contributed by atoms with Crippen molar-refractivity contribution >= 4 is 17.6 Å². The van der Waals surface area contributed by atoms with Gasteiger partial charge in [-0.1, -0.05) is 11.6 Å². The molecule has 1 aliphatic rings. The van der Waals surface area contributed by atoms with E-state index in [2.05, 4.69) is 10.3 Å². The van der Waals surface area contributed by atoms with E-state index in [0.29, 0.717) is 17.5 Å². The summed E-state index contributed by atoms with van der Waals surface area (Å²) in [6.45, 7) is 2.41. The predicted octanol–water partition coefficient (Wildman–Crippen LogP) is 1.89. The Kier molecular flexibility index (Phi) is 4.34. The van der Waals surface area contributed by atoms with Gasteiger partial charge >= 0.3 is 5.97 Å². The lowest BCUT2D eigenvalue weighted by molar-refractivity contribution is 0.0414. The molecule has 1 aliphatic heterocycles. The lowest BCUT2D eigenvalue weighted by Gasteiger charge is -2.22. The van der Waals surface area contributed by atoms with Crippen molar-refractivity contribution in [1.82, 2.24) is 10.3 Å². The largest absolute Gasteiger partial charge is 0.461 e. The number of aromatic nitrogens is 1. The third-order valence-electron chi connectivity index (χ3n) is 2.78. The second kappa shape index (κ2) is 5.98. The molecular formula is C12H15ClN2O2. The highest BCUT2D eigenvalue weighted by atomic mass is 35.5. The monoisotopic (exact) mass is 254 g/mol. The number of nitrogens with zero attached hydrogens (tertiary/aromatic N) is 1. The lowest BCUT2D eigenvalue weighted by atomic mass is 10.0. The van der Waals surface area contributed by atoms with Gasteiger partial charge < -0.3 is 10.1 Å². The smallest absolute Gasteiger partial charge is 0.356 e. The number of rotatable bonds is 3. The molecular weight excluding hydrogens is 240 g/mol. The molecule has 0 aliphatic carbocycles. The number of hydrogen-bond donors (Lipinski definition) is 1. The summed E-state index contributed by atoms with van der Waals surface area (Å²) in [4.78, 5) is 15.6. The van der Waals surface area contributed by atoms with Crippen LogP contribution in [0.15, 0.2) is 18.3 Å². The van der Waals surface area contributed by atoms with Crippen LogP contribution in [-0.4, -0.2) is 30.6 Å². The van der Waals surface area contributed by atoms with Crippen LogP contribution in [0.3, 0.4) is 0 Å². The number of pyridine rings is 1. The fraction of sp³-hybridized carbons (Fsp3) is 0.500. The number of esters is 1. The summed E-state index contributed by atoms with van der Waals surface area (Å²) < 4.78 is 5.22. The van der Waals surface area contributed by atoms with E-state index in [4.69, 9.17) is 16.3 Å². The first-order chi connectivity index (χ1) is 8.25. The molecule has 2 rings (SSSR count). The molecule has 1 aromatic heterocycles. The van der Waals surface area contributed by atoms with Crippen molar-refractivity contribution < 1.29 is 9.53 Å². The normalized spacial score (nSPS) is 19.9. The molecule has 1 fully saturated rings. The first-order valence-electron chi connectivity index (χ1n) is 5.75. The van der Waals surface area contributed by atoms with Gasteiger partial charge in [0.15, 0.2) is 0 Å². The molecule has 17 heavy (non-hydrogen) atoms. The van der Waals surface area contributed by atoms with Crippen molar-refractivity contribution in [2.45, 2.75) is 12.8 Å². The average molecular weight is 255 g/mol. The number of ether oxygens (including phenoxy) is 1. The Morgan fingerprint density at radius 1 is 1.65 bits per heavy atom. The third kappa shape index (κ3) is 3.68. The summed E-state index contributed by atoms with van der Waals surface area (Å²) in [5.74, 6) is 0.00459. The van der Waals surface area contributed by atoms with Gasteiger partial charge in [0, 0.05) is 23.7 Å². The molecule has 0 saturated carbocycles. The minimum absolute atomic E-state index is 0.265. The Hall–Kier alpha value is -1.13.